The molecule has 3 aromatic rings. The molecule has 3 rings (SSSR count). The van der Waals surface area contributed by atoms with Gasteiger partial charge in [0, 0.05) is 25.7 Å². The van der Waals surface area contributed by atoms with Crippen LogP contribution in [0.4, 0.5) is 5.69 Å². The highest BCUT2D eigenvalue weighted by atomic mass is 32.2. The van der Waals surface area contributed by atoms with E-state index in [1.54, 1.807) is 28.6 Å². The van der Waals surface area contributed by atoms with Crippen molar-refractivity contribution in [3.05, 3.63) is 48.7 Å². The Hall–Kier alpha value is -3.07. The van der Waals surface area contributed by atoms with Crippen molar-refractivity contribution in [2.45, 2.75) is 30.3 Å². The number of thioether (sulfide) groups is 1. The summed E-state index contributed by atoms with van der Waals surface area (Å²) in [5.74, 6) is 0.525. The molecular formula is C19H21N5O3S. The lowest BCUT2D eigenvalue weighted by molar-refractivity contribution is -0.118. The molecule has 0 bridgehead atoms. The molecule has 2 aromatic heterocycles. The van der Waals surface area contributed by atoms with E-state index in [-0.39, 0.29) is 12.3 Å². The van der Waals surface area contributed by atoms with Crippen LogP contribution in [0.3, 0.4) is 0 Å². The van der Waals surface area contributed by atoms with Gasteiger partial charge in [0.2, 0.25) is 11.8 Å². The number of anilines is 1. The van der Waals surface area contributed by atoms with E-state index in [1.165, 1.54) is 18.0 Å². The van der Waals surface area contributed by atoms with Crippen LogP contribution >= 0.6 is 11.8 Å². The van der Waals surface area contributed by atoms with Crippen LogP contribution in [0.25, 0.3) is 11.6 Å². The minimum absolute atomic E-state index is 0.0693. The molecule has 0 radical (unpaired) electrons. The monoisotopic (exact) mass is 399 g/mol. The summed E-state index contributed by atoms with van der Waals surface area (Å²) < 4.78 is 7.16. The Morgan fingerprint density at radius 1 is 1.21 bits per heavy atom. The largest absolute Gasteiger partial charge is 0.461 e. The Labute approximate surface area is 166 Å². The summed E-state index contributed by atoms with van der Waals surface area (Å²) in [4.78, 5) is 25.7. The van der Waals surface area contributed by atoms with E-state index in [2.05, 4.69) is 10.2 Å². The average molecular weight is 399 g/mol. The van der Waals surface area contributed by atoms with Crippen molar-refractivity contribution in [1.82, 2.24) is 14.8 Å². The van der Waals surface area contributed by atoms with Crippen molar-refractivity contribution in [3.63, 3.8) is 0 Å². The van der Waals surface area contributed by atoms with Gasteiger partial charge in [-0.15, -0.1) is 10.2 Å². The summed E-state index contributed by atoms with van der Waals surface area (Å²) in [6.07, 6.45) is 1.67. The number of benzene rings is 1. The zero-order valence-electron chi connectivity index (χ0n) is 15.6. The fourth-order valence-electron chi connectivity index (χ4n) is 2.65. The normalized spacial score (nSPS) is 11.9. The van der Waals surface area contributed by atoms with E-state index < -0.39 is 11.2 Å². The molecule has 1 unspecified atom stereocenters. The van der Waals surface area contributed by atoms with Crippen LogP contribution in [-0.4, -0.2) is 38.9 Å². The molecule has 0 spiro atoms. The number of hydrogen-bond acceptors (Lipinski definition) is 6. The van der Waals surface area contributed by atoms with Gasteiger partial charge in [-0.05, 0) is 31.2 Å². The van der Waals surface area contributed by atoms with E-state index >= 15 is 0 Å². The Morgan fingerprint density at radius 2 is 1.96 bits per heavy atom. The number of primary amides is 1. The summed E-state index contributed by atoms with van der Waals surface area (Å²) in [5, 5.41) is 8.48. The van der Waals surface area contributed by atoms with E-state index in [0.717, 1.165) is 5.69 Å². The lowest BCUT2D eigenvalue weighted by Gasteiger charge is -2.21. The second-order valence-electron chi connectivity index (χ2n) is 6.14. The maximum atomic E-state index is 12.8. The van der Waals surface area contributed by atoms with Crippen molar-refractivity contribution >= 4 is 29.3 Å². The summed E-state index contributed by atoms with van der Waals surface area (Å²) in [7, 11) is 1.74. The SMILES string of the molecule is CC(Sc1nnc(-c2ccco2)n1CCC(N)=O)C(=O)N(C)c1ccccc1. The first-order valence-corrected chi connectivity index (χ1v) is 9.60. The molecule has 1 atom stereocenters. The number of aromatic nitrogens is 3. The van der Waals surface area contributed by atoms with Gasteiger partial charge in [-0.3, -0.25) is 14.2 Å². The third-order valence-corrected chi connectivity index (χ3v) is 5.21. The molecule has 8 nitrogen and oxygen atoms in total. The molecule has 9 heteroatoms. The van der Waals surface area contributed by atoms with Gasteiger partial charge in [0.25, 0.3) is 0 Å². The average Bonchev–Trinajstić information content (AvgIpc) is 3.35. The predicted molar refractivity (Wildman–Crippen MR) is 107 cm³/mol. The third-order valence-electron chi connectivity index (χ3n) is 4.14. The molecule has 146 valence electrons. The number of nitrogens with two attached hydrogens (primary N) is 1. The van der Waals surface area contributed by atoms with Gasteiger partial charge in [-0.25, -0.2) is 0 Å². The van der Waals surface area contributed by atoms with Crippen LogP contribution in [0.2, 0.25) is 0 Å². The van der Waals surface area contributed by atoms with Gasteiger partial charge < -0.3 is 15.1 Å². The zero-order chi connectivity index (χ0) is 20.1. The van der Waals surface area contributed by atoms with Gasteiger partial charge >= 0.3 is 0 Å². The molecule has 2 N–H and O–H groups in total. The zero-order valence-corrected chi connectivity index (χ0v) is 16.4. The minimum Gasteiger partial charge on any atom is -0.461 e. The molecule has 1 aromatic carbocycles. The van der Waals surface area contributed by atoms with Crippen LogP contribution in [0.15, 0.2) is 58.3 Å². The number of hydrogen-bond donors (Lipinski definition) is 1. The van der Waals surface area contributed by atoms with Crippen molar-refractivity contribution in [1.29, 1.82) is 0 Å². The Bertz CT molecular complexity index is 940. The standard InChI is InChI=1S/C19H21N5O3S/c1-13(18(26)23(2)14-7-4-3-5-8-14)28-19-22-21-17(15-9-6-12-27-15)24(19)11-10-16(20)25/h3-9,12-13H,10-11H2,1-2H3,(H2,20,25). The number of para-hydroxylation sites is 1. The first-order chi connectivity index (χ1) is 13.5. The lowest BCUT2D eigenvalue weighted by atomic mass is 10.3. The molecule has 0 aliphatic rings. The Kier molecular flexibility index (Phi) is 6.15. The van der Waals surface area contributed by atoms with Gasteiger partial charge in [0.15, 0.2) is 16.7 Å². The van der Waals surface area contributed by atoms with Crippen molar-refractivity contribution in [2.24, 2.45) is 5.73 Å². The van der Waals surface area contributed by atoms with Crippen LogP contribution in [0, 0.1) is 0 Å². The third kappa shape index (κ3) is 4.42. The Balaban J connectivity index is 1.80. The summed E-state index contributed by atoms with van der Waals surface area (Å²) in [6, 6.07) is 12.9. The first kappa shape index (κ1) is 19.7. The highest BCUT2D eigenvalue weighted by Crippen LogP contribution is 2.28. The number of furan rings is 1. The van der Waals surface area contributed by atoms with Gasteiger partial charge in [-0.2, -0.15) is 0 Å². The first-order valence-electron chi connectivity index (χ1n) is 8.72. The van der Waals surface area contributed by atoms with Crippen LogP contribution in [0.5, 0.6) is 0 Å². The maximum Gasteiger partial charge on any atom is 0.240 e. The second-order valence-corrected chi connectivity index (χ2v) is 7.45. The molecule has 2 heterocycles. The molecule has 0 saturated carbocycles. The number of carbonyl (C=O) groups is 2. The number of amides is 2. The van der Waals surface area contributed by atoms with E-state index in [4.69, 9.17) is 10.2 Å². The number of nitrogens with zero attached hydrogens (tertiary/aromatic N) is 4. The topological polar surface area (TPSA) is 107 Å². The summed E-state index contributed by atoms with van der Waals surface area (Å²) >= 11 is 1.28. The quantitative estimate of drug-likeness (QED) is 0.583. The fourth-order valence-corrected chi connectivity index (χ4v) is 3.62. The second kappa shape index (κ2) is 8.75. The predicted octanol–water partition coefficient (Wildman–Crippen LogP) is 2.56. The van der Waals surface area contributed by atoms with Crippen molar-refractivity contribution < 1.29 is 14.0 Å². The lowest BCUT2D eigenvalue weighted by Crippen LogP contribution is -2.33. The fraction of sp³-hybridized carbons (Fsp3) is 0.263. The Morgan fingerprint density at radius 3 is 2.61 bits per heavy atom. The highest BCUT2D eigenvalue weighted by Gasteiger charge is 2.24. The molecular weight excluding hydrogens is 378 g/mol. The molecule has 0 saturated heterocycles. The van der Waals surface area contributed by atoms with Crippen LogP contribution in [0.1, 0.15) is 13.3 Å². The molecule has 0 fully saturated rings. The van der Waals surface area contributed by atoms with Gasteiger partial charge in [0.05, 0.1) is 11.5 Å². The highest BCUT2D eigenvalue weighted by molar-refractivity contribution is 8.00. The molecule has 28 heavy (non-hydrogen) atoms. The van der Waals surface area contributed by atoms with E-state index in [9.17, 15) is 9.59 Å². The summed E-state index contributed by atoms with van der Waals surface area (Å²) in [6.45, 7) is 2.11. The van der Waals surface area contributed by atoms with Gasteiger partial charge in [0.1, 0.15) is 0 Å². The number of carbonyl (C=O) groups excluding carboxylic acids is 2. The van der Waals surface area contributed by atoms with Crippen LogP contribution < -0.4 is 10.6 Å². The molecule has 0 aliphatic heterocycles. The van der Waals surface area contributed by atoms with Crippen molar-refractivity contribution in [2.75, 3.05) is 11.9 Å². The van der Waals surface area contributed by atoms with Crippen LogP contribution in [-0.2, 0) is 16.1 Å². The number of rotatable bonds is 8. The molecule has 0 aliphatic carbocycles. The van der Waals surface area contributed by atoms with E-state index in [1.807, 2.05) is 37.3 Å². The maximum absolute atomic E-state index is 12.8. The molecule has 2 amide bonds. The van der Waals surface area contributed by atoms with Crippen molar-refractivity contribution in [3.8, 4) is 11.6 Å². The minimum atomic E-state index is -0.428. The van der Waals surface area contributed by atoms with Gasteiger partial charge in [-0.1, -0.05) is 30.0 Å². The smallest absolute Gasteiger partial charge is 0.240 e. The van der Waals surface area contributed by atoms with E-state index in [0.29, 0.717) is 23.3 Å². The summed E-state index contributed by atoms with van der Waals surface area (Å²) in [5.41, 5.74) is 6.11.